The zero-order valence-electron chi connectivity index (χ0n) is 14.3. The van der Waals surface area contributed by atoms with Crippen LogP contribution < -0.4 is 80.0 Å². The van der Waals surface area contributed by atoms with Gasteiger partial charge >= 0.3 is 65.1 Å². The molecule has 1 saturated heterocycles. The second-order valence-corrected chi connectivity index (χ2v) is 4.01. The summed E-state index contributed by atoms with van der Waals surface area (Å²) in [5, 5.41) is 22.0. The van der Waals surface area contributed by atoms with E-state index in [9.17, 15) is 14.4 Å². The van der Waals surface area contributed by atoms with Gasteiger partial charge in [-0.25, -0.2) is 4.79 Å². The molecule has 1 aliphatic rings. The van der Waals surface area contributed by atoms with E-state index in [0.29, 0.717) is 12.8 Å². The first kappa shape index (κ1) is 30.4. The number of hydrogen-bond acceptors (Lipinski definition) is 7. The van der Waals surface area contributed by atoms with Crippen LogP contribution in [0.25, 0.3) is 0 Å². The van der Waals surface area contributed by atoms with Crippen molar-refractivity contribution in [1.29, 1.82) is 0 Å². The van der Waals surface area contributed by atoms with Crippen LogP contribution in [-0.2, 0) is 19.2 Å². The molecule has 1 fully saturated rings. The molecule has 1 heterocycles. The molecule has 0 atom stereocenters. The molecular formula is C12H18N2Na2O7. The summed E-state index contributed by atoms with van der Waals surface area (Å²) in [4.78, 5) is 51.3. The Kier molecular flexibility index (Phi) is 20.0. The quantitative estimate of drug-likeness (QED) is 0.371. The van der Waals surface area contributed by atoms with Gasteiger partial charge in [0, 0.05) is 11.9 Å². The van der Waals surface area contributed by atoms with Crippen LogP contribution >= 0.6 is 0 Å². The number of amides is 4. The van der Waals surface area contributed by atoms with Gasteiger partial charge in [0.2, 0.25) is 11.8 Å². The Bertz CT molecular complexity index is 395. The van der Waals surface area contributed by atoms with Gasteiger partial charge in [-0.3, -0.25) is 20.2 Å². The van der Waals surface area contributed by atoms with Gasteiger partial charge in [0.1, 0.15) is 5.41 Å². The van der Waals surface area contributed by atoms with Crippen molar-refractivity contribution in [2.24, 2.45) is 5.41 Å². The van der Waals surface area contributed by atoms with Crippen LogP contribution in [0.15, 0.2) is 0 Å². The molecule has 9 nitrogen and oxygen atoms in total. The van der Waals surface area contributed by atoms with Crippen LogP contribution in [0.5, 0.6) is 0 Å². The van der Waals surface area contributed by atoms with E-state index in [1.807, 2.05) is 0 Å². The first-order valence-electron chi connectivity index (χ1n) is 6.05. The van der Waals surface area contributed by atoms with E-state index in [1.54, 1.807) is 13.8 Å². The molecule has 0 unspecified atom stereocenters. The molecule has 0 bridgehead atoms. The second-order valence-electron chi connectivity index (χ2n) is 4.01. The normalized spacial score (nSPS) is 14.0. The molecule has 2 N–H and O–H groups in total. The van der Waals surface area contributed by atoms with Crippen molar-refractivity contribution in [3.05, 3.63) is 0 Å². The number of carbonyl (C=O) groups is 5. The summed E-state index contributed by atoms with van der Waals surface area (Å²) in [5.41, 5.74) is -1.06. The number of imide groups is 2. The van der Waals surface area contributed by atoms with Crippen LogP contribution in [-0.4, -0.2) is 29.8 Å². The maximum absolute atomic E-state index is 11.4. The van der Waals surface area contributed by atoms with E-state index in [-0.39, 0.29) is 59.1 Å². The van der Waals surface area contributed by atoms with E-state index in [1.165, 1.54) is 0 Å². The molecule has 0 aliphatic carbocycles. The van der Waals surface area contributed by atoms with Crippen molar-refractivity contribution < 1.29 is 93.3 Å². The van der Waals surface area contributed by atoms with Crippen molar-refractivity contribution >= 4 is 29.8 Å². The maximum atomic E-state index is 11.4. The smallest absolute Gasteiger partial charge is 0.550 e. The van der Waals surface area contributed by atoms with Crippen LogP contribution in [0.3, 0.4) is 0 Å². The topological polar surface area (TPSA) is 156 Å². The summed E-state index contributed by atoms with van der Waals surface area (Å²) in [5.74, 6) is -3.16. The third kappa shape index (κ3) is 12.6. The first-order chi connectivity index (χ1) is 9.53. The Morgan fingerprint density at radius 3 is 1.26 bits per heavy atom. The van der Waals surface area contributed by atoms with Crippen LogP contribution in [0.1, 0.15) is 40.5 Å². The molecule has 11 heteroatoms. The van der Waals surface area contributed by atoms with Gasteiger partial charge < -0.3 is 19.8 Å². The van der Waals surface area contributed by atoms with Gasteiger partial charge in [0.05, 0.1) is 0 Å². The molecule has 1 rings (SSSR count). The molecule has 0 aromatic rings. The predicted molar refractivity (Wildman–Crippen MR) is 66.1 cm³/mol. The number of urea groups is 1. The number of aliphatic carboxylic acids is 2. The molecule has 0 aromatic heterocycles. The fourth-order valence-corrected chi connectivity index (χ4v) is 1.47. The van der Waals surface area contributed by atoms with Crippen molar-refractivity contribution in [2.45, 2.75) is 40.5 Å². The van der Waals surface area contributed by atoms with Crippen molar-refractivity contribution in [3.63, 3.8) is 0 Å². The third-order valence-corrected chi connectivity index (χ3v) is 2.53. The SMILES string of the molecule is CC(=O)[O-].CC(=O)[O-].CCC1(CC)C(=O)NC(=O)NC1=O.[Na+].[Na+]. The summed E-state index contributed by atoms with van der Waals surface area (Å²) in [6.07, 6.45) is 0.795. The van der Waals surface area contributed by atoms with Crippen molar-refractivity contribution in [2.75, 3.05) is 0 Å². The van der Waals surface area contributed by atoms with Gasteiger partial charge in [-0.05, 0) is 26.7 Å². The molecule has 0 saturated carbocycles. The standard InChI is InChI=1S/C8H12N2O3.2C2H4O2.2Na/c1-3-8(4-2)5(11)9-7(13)10-6(8)12;2*1-2(3)4;;/h3-4H2,1-2H3,(H2,9,10,11,12,13);2*1H3,(H,3,4);;/q;;;2*+1/p-2. The fraction of sp³-hybridized carbons (Fsp3) is 0.583. The molecule has 1 aliphatic heterocycles. The second kappa shape index (κ2) is 15.1. The number of rotatable bonds is 2. The third-order valence-electron chi connectivity index (χ3n) is 2.53. The van der Waals surface area contributed by atoms with Crippen LogP contribution in [0, 0.1) is 5.41 Å². The van der Waals surface area contributed by atoms with Crippen LogP contribution in [0.4, 0.5) is 4.79 Å². The molecular weight excluding hydrogens is 330 g/mol. The van der Waals surface area contributed by atoms with E-state index in [4.69, 9.17) is 19.8 Å². The van der Waals surface area contributed by atoms with Crippen molar-refractivity contribution in [1.82, 2.24) is 10.6 Å². The number of carboxylic acid groups (broad SMARTS) is 2. The minimum absolute atomic E-state index is 0. The average Bonchev–Trinajstić information content (AvgIpc) is 2.28. The molecule has 0 spiro atoms. The summed E-state index contributed by atoms with van der Waals surface area (Å²) in [6, 6.07) is -0.729. The number of carboxylic acids is 2. The summed E-state index contributed by atoms with van der Waals surface area (Å²) in [7, 11) is 0. The summed E-state index contributed by atoms with van der Waals surface area (Å²) >= 11 is 0. The molecule has 0 radical (unpaired) electrons. The Balaban J connectivity index is -0.000000153. The van der Waals surface area contributed by atoms with E-state index in [2.05, 4.69) is 10.6 Å². The zero-order chi connectivity index (χ0) is 17.2. The molecule has 4 amide bonds. The predicted octanol–water partition coefficient (Wildman–Crippen LogP) is -8.32. The molecule has 23 heavy (non-hydrogen) atoms. The zero-order valence-corrected chi connectivity index (χ0v) is 18.3. The Morgan fingerprint density at radius 2 is 1.09 bits per heavy atom. The average molecular weight is 348 g/mol. The minimum atomic E-state index is -1.08. The number of barbiturate groups is 1. The van der Waals surface area contributed by atoms with E-state index < -0.39 is 35.2 Å². The Labute approximate surface area is 178 Å². The fourth-order valence-electron chi connectivity index (χ4n) is 1.47. The van der Waals surface area contributed by atoms with E-state index in [0.717, 1.165) is 13.8 Å². The largest absolute Gasteiger partial charge is 1.00 e. The van der Waals surface area contributed by atoms with Crippen molar-refractivity contribution in [3.8, 4) is 0 Å². The molecule has 0 aromatic carbocycles. The summed E-state index contributed by atoms with van der Waals surface area (Å²) in [6.45, 7) is 5.44. The number of hydrogen-bond donors (Lipinski definition) is 2. The summed E-state index contributed by atoms with van der Waals surface area (Å²) < 4.78 is 0. The van der Waals surface area contributed by atoms with Gasteiger partial charge in [-0.15, -0.1) is 0 Å². The van der Waals surface area contributed by atoms with Gasteiger partial charge in [-0.1, -0.05) is 13.8 Å². The number of carbonyl (C=O) groups excluding carboxylic acids is 5. The Hall–Kier alpha value is -0.450. The Morgan fingerprint density at radius 1 is 0.870 bits per heavy atom. The first-order valence-corrected chi connectivity index (χ1v) is 6.05. The molecule has 120 valence electrons. The minimum Gasteiger partial charge on any atom is -0.550 e. The van der Waals surface area contributed by atoms with Gasteiger partial charge in [0.15, 0.2) is 0 Å². The van der Waals surface area contributed by atoms with Gasteiger partial charge in [0.25, 0.3) is 0 Å². The monoisotopic (exact) mass is 348 g/mol. The maximum Gasteiger partial charge on any atom is 1.00 e. The van der Waals surface area contributed by atoms with Crippen LogP contribution in [0.2, 0.25) is 0 Å². The number of nitrogens with one attached hydrogen (secondary N) is 2. The van der Waals surface area contributed by atoms with E-state index >= 15 is 0 Å². The van der Waals surface area contributed by atoms with Gasteiger partial charge in [-0.2, -0.15) is 0 Å².